The number of nitrogens with one attached hydrogen (secondary N) is 1. The number of halogens is 2. The monoisotopic (exact) mass is 215 g/mol. The van der Waals surface area contributed by atoms with Gasteiger partial charge >= 0.3 is 0 Å². The Balaban J connectivity index is 2.75. The number of anilines is 1. The minimum Gasteiger partial charge on any atom is -0.323 e. The molecule has 0 radical (unpaired) electrons. The van der Waals surface area contributed by atoms with E-state index in [0.29, 0.717) is 10.7 Å². The van der Waals surface area contributed by atoms with Crippen molar-refractivity contribution < 1.29 is 9.18 Å². The van der Waals surface area contributed by atoms with Crippen LogP contribution in [-0.2, 0) is 4.79 Å². The van der Waals surface area contributed by atoms with E-state index in [4.69, 9.17) is 11.6 Å². The Hall–Kier alpha value is -1.09. The summed E-state index contributed by atoms with van der Waals surface area (Å²) < 4.78 is 13.1. The highest BCUT2D eigenvalue weighted by atomic mass is 35.5. The van der Waals surface area contributed by atoms with Crippen molar-refractivity contribution in [2.75, 3.05) is 5.32 Å². The Morgan fingerprint density at radius 1 is 1.50 bits per heavy atom. The maximum atomic E-state index is 13.1. The molecule has 1 amide bonds. The van der Waals surface area contributed by atoms with E-state index < -0.39 is 11.6 Å². The zero-order valence-corrected chi connectivity index (χ0v) is 8.73. The van der Waals surface area contributed by atoms with Crippen LogP contribution in [0.15, 0.2) is 24.3 Å². The highest BCUT2D eigenvalue weighted by Gasteiger charge is 2.26. The molecule has 0 bridgehead atoms. The van der Waals surface area contributed by atoms with E-state index in [2.05, 4.69) is 5.32 Å². The largest absolute Gasteiger partial charge is 0.323 e. The van der Waals surface area contributed by atoms with E-state index in [1.807, 2.05) is 0 Å². The second-order valence-electron chi connectivity index (χ2n) is 3.44. The normalized spacial score (nSPS) is 11.1. The molecule has 0 fully saturated rings. The van der Waals surface area contributed by atoms with Crippen LogP contribution in [0, 0.1) is 0 Å². The minimum atomic E-state index is -1.89. The summed E-state index contributed by atoms with van der Waals surface area (Å²) in [5.74, 6) is -0.681. The topological polar surface area (TPSA) is 29.1 Å². The smallest absolute Gasteiger partial charge is 0.261 e. The Morgan fingerprint density at radius 3 is 2.64 bits per heavy atom. The van der Waals surface area contributed by atoms with Gasteiger partial charge in [-0.25, -0.2) is 4.39 Å². The van der Waals surface area contributed by atoms with E-state index in [1.54, 1.807) is 24.3 Å². The van der Waals surface area contributed by atoms with Gasteiger partial charge in [-0.2, -0.15) is 0 Å². The van der Waals surface area contributed by atoms with Crippen molar-refractivity contribution in [3.63, 3.8) is 0 Å². The van der Waals surface area contributed by atoms with Gasteiger partial charge in [0.25, 0.3) is 5.91 Å². The first kappa shape index (κ1) is 11.0. The highest BCUT2D eigenvalue weighted by molar-refractivity contribution is 6.30. The lowest BCUT2D eigenvalue weighted by atomic mass is 10.1. The SMILES string of the molecule is CC(C)(F)C(=O)Nc1cccc(Cl)c1. The van der Waals surface area contributed by atoms with Crippen LogP contribution in [0.3, 0.4) is 0 Å². The third-order valence-corrected chi connectivity index (χ3v) is 1.86. The maximum Gasteiger partial charge on any atom is 0.261 e. The van der Waals surface area contributed by atoms with Crippen LogP contribution < -0.4 is 5.32 Å². The lowest BCUT2D eigenvalue weighted by molar-refractivity contribution is -0.125. The Morgan fingerprint density at radius 2 is 2.14 bits per heavy atom. The average molecular weight is 216 g/mol. The summed E-state index contributed by atoms with van der Waals surface area (Å²) in [4.78, 5) is 11.2. The average Bonchev–Trinajstić information content (AvgIpc) is 2.02. The van der Waals surface area contributed by atoms with Crippen LogP contribution in [0.5, 0.6) is 0 Å². The number of alkyl halides is 1. The molecule has 0 atom stereocenters. The van der Waals surface area contributed by atoms with Gasteiger partial charge in [-0.05, 0) is 32.0 Å². The zero-order valence-electron chi connectivity index (χ0n) is 7.97. The first-order chi connectivity index (χ1) is 6.39. The molecule has 0 heterocycles. The fourth-order valence-corrected chi connectivity index (χ4v) is 1.04. The van der Waals surface area contributed by atoms with Gasteiger partial charge in [0.15, 0.2) is 5.67 Å². The zero-order chi connectivity index (χ0) is 10.8. The van der Waals surface area contributed by atoms with Crippen LogP contribution in [0.4, 0.5) is 10.1 Å². The summed E-state index contributed by atoms with van der Waals surface area (Å²) in [6.45, 7) is 2.40. The van der Waals surface area contributed by atoms with E-state index in [-0.39, 0.29) is 0 Å². The van der Waals surface area contributed by atoms with Gasteiger partial charge in [0.1, 0.15) is 0 Å². The fraction of sp³-hybridized carbons (Fsp3) is 0.300. The molecule has 1 aromatic carbocycles. The van der Waals surface area contributed by atoms with Gasteiger partial charge in [0.05, 0.1) is 0 Å². The summed E-state index contributed by atoms with van der Waals surface area (Å²) in [7, 11) is 0. The number of benzene rings is 1. The molecule has 2 nitrogen and oxygen atoms in total. The molecule has 1 aromatic rings. The number of hydrogen-bond acceptors (Lipinski definition) is 1. The van der Waals surface area contributed by atoms with Gasteiger partial charge < -0.3 is 5.32 Å². The molecule has 0 aliphatic rings. The standard InChI is InChI=1S/C10H11ClFNO/c1-10(2,12)9(14)13-8-5-3-4-7(11)6-8/h3-6H,1-2H3,(H,13,14). The van der Waals surface area contributed by atoms with Crippen LogP contribution in [0.1, 0.15) is 13.8 Å². The lowest BCUT2D eigenvalue weighted by Crippen LogP contribution is -2.32. The number of rotatable bonds is 2. The Kier molecular flexibility index (Phi) is 3.11. The number of carbonyl (C=O) groups excluding carboxylic acids is 1. The minimum absolute atomic E-state index is 0.494. The molecule has 0 aliphatic heterocycles. The first-order valence-corrected chi connectivity index (χ1v) is 4.53. The van der Waals surface area contributed by atoms with Crippen molar-refractivity contribution in [3.05, 3.63) is 29.3 Å². The molecule has 14 heavy (non-hydrogen) atoms. The third kappa shape index (κ3) is 3.00. The summed E-state index contributed by atoms with van der Waals surface area (Å²) in [6.07, 6.45) is 0. The molecule has 76 valence electrons. The molecule has 0 aliphatic carbocycles. The van der Waals surface area contributed by atoms with Crippen LogP contribution in [-0.4, -0.2) is 11.6 Å². The van der Waals surface area contributed by atoms with Gasteiger partial charge in [0.2, 0.25) is 0 Å². The molecule has 4 heteroatoms. The predicted octanol–water partition coefficient (Wildman–Crippen LogP) is 3.03. The number of carbonyl (C=O) groups is 1. The number of amides is 1. The molecule has 0 aromatic heterocycles. The van der Waals surface area contributed by atoms with Crippen molar-refractivity contribution in [2.45, 2.75) is 19.5 Å². The molecular formula is C10H11ClFNO. The second-order valence-corrected chi connectivity index (χ2v) is 3.87. The third-order valence-electron chi connectivity index (χ3n) is 1.62. The summed E-state index contributed by atoms with van der Waals surface area (Å²) >= 11 is 5.70. The summed E-state index contributed by atoms with van der Waals surface area (Å²) in [5, 5.41) is 2.92. The van der Waals surface area contributed by atoms with E-state index in [9.17, 15) is 9.18 Å². The van der Waals surface area contributed by atoms with Crippen molar-refractivity contribution in [3.8, 4) is 0 Å². The molecular weight excluding hydrogens is 205 g/mol. The highest BCUT2D eigenvalue weighted by Crippen LogP contribution is 2.17. The van der Waals surface area contributed by atoms with E-state index in [0.717, 1.165) is 0 Å². The fourth-order valence-electron chi connectivity index (χ4n) is 0.846. The maximum absolute atomic E-state index is 13.1. The van der Waals surface area contributed by atoms with Gasteiger partial charge in [-0.1, -0.05) is 17.7 Å². The Bertz CT molecular complexity index is 346. The molecule has 1 rings (SSSR count). The van der Waals surface area contributed by atoms with Gasteiger partial charge in [0, 0.05) is 10.7 Å². The molecule has 0 saturated carbocycles. The second kappa shape index (κ2) is 3.96. The molecule has 0 spiro atoms. The first-order valence-electron chi connectivity index (χ1n) is 4.15. The lowest BCUT2D eigenvalue weighted by Gasteiger charge is -2.13. The van der Waals surface area contributed by atoms with Crippen LogP contribution in [0.25, 0.3) is 0 Å². The summed E-state index contributed by atoms with van der Waals surface area (Å²) in [5.41, 5.74) is -1.39. The van der Waals surface area contributed by atoms with Crippen molar-refractivity contribution in [2.24, 2.45) is 0 Å². The molecule has 1 N–H and O–H groups in total. The van der Waals surface area contributed by atoms with Gasteiger partial charge in [-0.15, -0.1) is 0 Å². The predicted molar refractivity (Wildman–Crippen MR) is 55.3 cm³/mol. The van der Waals surface area contributed by atoms with Crippen molar-refractivity contribution in [1.29, 1.82) is 0 Å². The quantitative estimate of drug-likeness (QED) is 0.807. The molecule has 0 unspecified atom stereocenters. The summed E-state index contributed by atoms with van der Waals surface area (Å²) in [6, 6.07) is 6.57. The van der Waals surface area contributed by atoms with Crippen LogP contribution >= 0.6 is 11.6 Å². The number of hydrogen-bond donors (Lipinski definition) is 1. The van der Waals surface area contributed by atoms with Crippen molar-refractivity contribution in [1.82, 2.24) is 0 Å². The van der Waals surface area contributed by atoms with E-state index >= 15 is 0 Å². The van der Waals surface area contributed by atoms with E-state index in [1.165, 1.54) is 13.8 Å². The Labute approximate surface area is 87.1 Å². The van der Waals surface area contributed by atoms with Crippen molar-refractivity contribution >= 4 is 23.2 Å². The van der Waals surface area contributed by atoms with Gasteiger partial charge in [-0.3, -0.25) is 4.79 Å². The van der Waals surface area contributed by atoms with Crippen LogP contribution in [0.2, 0.25) is 5.02 Å². The molecule has 0 saturated heterocycles.